The average molecular weight is 350 g/mol. The van der Waals surface area contributed by atoms with Crippen LogP contribution < -0.4 is 4.90 Å². The van der Waals surface area contributed by atoms with Gasteiger partial charge in [0.1, 0.15) is 5.82 Å². The zero-order valence-electron chi connectivity index (χ0n) is 15.2. The molecule has 1 saturated heterocycles. The summed E-state index contributed by atoms with van der Waals surface area (Å²) in [5, 5.41) is 0. The summed E-state index contributed by atoms with van der Waals surface area (Å²) >= 11 is 0. The highest BCUT2D eigenvalue weighted by molar-refractivity contribution is 6.06. The molecule has 3 nitrogen and oxygen atoms in total. The lowest BCUT2D eigenvalue weighted by Crippen LogP contribution is -2.46. The van der Waals surface area contributed by atoms with Gasteiger partial charge in [-0.1, -0.05) is 29.8 Å². The minimum Gasteiger partial charge on any atom is -0.306 e. The van der Waals surface area contributed by atoms with Crippen LogP contribution in [0, 0.1) is 12.7 Å². The van der Waals surface area contributed by atoms with Crippen molar-refractivity contribution < 1.29 is 9.18 Å². The fourth-order valence-corrected chi connectivity index (χ4v) is 4.19. The Hall–Kier alpha value is -2.46. The van der Waals surface area contributed by atoms with Crippen molar-refractivity contribution in [3.63, 3.8) is 0 Å². The van der Waals surface area contributed by atoms with Crippen LogP contribution >= 0.6 is 0 Å². The molecule has 2 aliphatic rings. The molecule has 0 spiro atoms. The standard InChI is InChI=1S/C22H23FN2O/c1-15-3-9-20-18(13-15)19-14-24(2)12-11-21(19)25(20)22(26)10-6-16-4-7-17(23)8-5-16/h3-10,13,19,21H,11-12,14H2,1-2H3/b10-6+/t19-,21+/m0/s1. The number of rotatable bonds is 2. The van der Waals surface area contributed by atoms with Gasteiger partial charge in [0.25, 0.3) is 5.91 Å². The zero-order chi connectivity index (χ0) is 18.3. The average Bonchev–Trinajstić information content (AvgIpc) is 2.94. The van der Waals surface area contributed by atoms with Crippen LogP contribution in [0.4, 0.5) is 10.1 Å². The summed E-state index contributed by atoms with van der Waals surface area (Å²) in [6, 6.07) is 12.8. The second-order valence-corrected chi connectivity index (χ2v) is 7.38. The normalized spacial score (nSPS) is 22.5. The highest BCUT2D eigenvalue weighted by Crippen LogP contribution is 2.45. The zero-order valence-corrected chi connectivity index (χ0v) is 15.2. The van der Waals surface area contributed by atoms with E-state index in [9.17, 15) is 9.18 Å². The summed E-state index contributed by atoms with van der Waals surface area (Å²) < 4.78 is 13.0. The van der Waals surface area contributed by atoms with Gasteiger partial charge in [-0.15, -0.1) is 0 Å². The second-order valence-electron chi connectivity index (χ2n) is 7.38. The highest BCUT2D eigenvalue weighted by atomic mass is 19.1. The van der Waals surface area contributed by atoms with Gasteiger partial charge in [0.15, 0.2) is 0 Å². The fourth-order valence-electron chi connectivity index (χ4n) is 4.19. The van der Waals surface area contributed by atoms with Crippen LogP contribution in [0.2, 0.25) is 0 Å². The van der Waals surface area contributed by atoms with Gasteiger partial charge in [0.05, 0.1) is 0 Å². The predicted octanol–water partition coefficient (Wildman–Crippen LogP) is 3.98. The molecular weight excluding hydrogens is 327 g/mol. The number of likely N-dealkylation sites (tertiary alicyclic amines) is 1. The first-order valence-corrected chi connectivity index (χ1v) is 9.09. The minimum absolute atomic E-state index is 0.00326. The van der Waals surface area contributed by atoms with Crippen LogP contribution in [0.3, 0.4) is 0 Å². The molecule has 1 amide bonds. The number of benzene rings is 2. The van der Waals surface area contributed by atoms with Crippen LogP contribution in [-0.2, 0) is 4.79 Å². The topological polar surface area (TPSA) is 23.6 Å². The van der Waals surface area contributed by atoms with E-state index in [1.54, 1.807) is 24.3 Å². The number of hydrogen-bond acceptors (Lipinski definition) is 2. The number of piperidine rings is 1. The second kappa shape index (κ2) is 6.69. The van der Waals surface area contributed by atoms with E-state index in [4.69, 9.17) is 0 Å². The van der Waals surface area contributed by atoms with E-state index in [0.29, 0.717) is 5.92 Å². The van der Waals surface area contributed by atoms with Gasteiger partial charge in [0, 0.05) is 30.3 Å². The third kappa shape index (κ3) is 3.06. The van der Waals surface area contributed by atoms with Crippen LogP contribution in [-0.4, -0.2) is 37.0 Å². The molecule has 2 atom stereocenters. The van der Waals surface area contributed by atoms with E-state index < -0.39 is 0 Å². The van der Waals surface area contributed by atoms with Gasteiger partial charge in [-0.2, -0.15) is 0 Å². The van der Waals surface area contributed by atoms with Crippen molar-refractivity contribution in [1.29, 1.82) is 0 Å². The summed E-state index contributed by atoms with van der Waals surface area (Å²) in [7, 11) is 2.14. The maximum absolute atomic E-state index is 13.0. The Bertz CT molecular complexity index is 859. The molecule has 4 heteroatoms. The Morgan fingerprint density at radius 3 is 2.73 bits per heavy atom. The molecule has 2 aromatic carbocycles. The lowest BCUT2D eigenvalue weighted by Gasteiger charge is -2.36. The SMILES string of the molecule is Cc1ccc2c(c1)[C@@H]1CN(C)CC[C@H]1N2C(=O)/C=C/c1ccc(F)cc1. The number of fused-ring (bicyclic) bond motifs is 3. The number of likely N-dealkylation sites (N-methyl/N-ethyl adjacent to an activating group) is 1. The van der Waals surface area contributed by atoms with Crippen LogP contribution in [0.1, 0.15) is 29.0 Å². The van der Waals surface area contributed by atoms with Crippen LogP contribution in [0.15, 0.2) is 48.5 Å². The van der Waals surface area contributed by atoms with Gasteiger partial charge < -0.3 is 9.80 Å². The molecule has 0 aliphatic carbocycles. The molecule has 0 aromatic heterocycles. The number of carbonyl (C=O) groups excluding carboxylic acids is 1. The van der Waals surface area contributed by atoms with Gasteiger partial charge in [-0.25, -0.2) is 4.39 Å². The molecule has 134 valence electrons. The lowest BCUT2D eigenvalue weighted by molar-refractivity contribution is -0.114. The van der Waals surface area contributed by atoms with Crippen molar-refractivity contribution in [2.45, 2.75) is 25.3 Å². The molecule has 26 heavy (non-hydrogen) atoms. The van der Waals surface area contributed by atoms with Gasteiger partial charge in [-0.05, 0) is 62.3 Å². The van der Waals surface area contributed by atoms with E-state index in [-0.39, 0.29) is 17.8 Å². The fraction of sp³-hybridized carbons (Fsp3) is 0.318. The van der Waals surface area contributed by atoms with E-state index in [1.165, 1.54) is 23.3 Å². The number of anilines is 1. The van der Waals surface area contributed by atoms with Crippen molar-refractivity contribution in [3.05, 3.63) is 71.0 Å². The third-order valence-corrected chi connectivity index (χ3v) is 5.48. The van der Waals surface area contributed by atoms with Crippen molar-refractivity contribution >= 4 is 17.7 Å². The van der Waals surface area contributed by atoms with E-state index in [0.717, 1.165) is 30.8 Å². The van der Waals surface area contributed by atoms with Gasteiger partial charge in [-0.3, -0.25) is 4.79 Å². The molecule has 0 N–H and O–H groups in total. The number of nitrogens with zero attached hydrogens (tertiary/aromatic N) is 2. The van der Waals surface area contributed by atoms with Crippen LogP contribution in [0.5, 0.6) is 0 Å². The van der Waals surface area contributed by atoms with Crippen LogP contribution in [0.25, 0.3) is 6.08 Å². The van der Waals surface area contributed by atoms with Gasteiger partial charge >= 0.3 is 0 Å². The third-order valence-electron chi connectivity index (χ3n) is 5.48. The molecule has 1 fully saturated rings. The molecule has 0 radical (unpaired) electrons. The molecule has 0 unspecified atom stereocenters. The molecule has 0 bridgehead atoms. The van der Waals surface area contributed by atoms with Crippen molar-refractivity contribution in [1.82, 2.24) is 4.90 Å². The van der Waals surface area contributed by atoms with Gasteiger partial charge in [0.2, 0.25) is 0 Å². The maximum Gasteiger partial charge on any atom is 0.251 e. The largest absolute Gasteiger partial charge is 0.306 e. The number of carbonyl (C=O) groups is 1. The summed E-state index contributed by atoms with van der Waals surface area (Å²) in [5.74, 6) is 0.0924. The Kier molecular flexibility index (Phi) is 4.37. The first kappa shape index (κ1) is 17.0. The molecule has 4 rings (SSSR count). The molecule has 0 saturated carbocycles. The Labute approximate surface area is 153 Å². The summed E-state index contributed by atoms with van der Waals surface area (Å²) in [6.45, 7) is 4.08. The van der Waals surface area contributed by atoms with E-state index in [1.807, 2.05) is 4.90 Å². The quantitative estimate of drug-likeness (QED) is 0.765. The Balaban J connectivity index is 1.64. The maximum atomic E-state index is 13.0. The summed E-state index contributed by atoms with van der Waals surface area (Å²) in [4.78, 5) is 17.3. The lowest BCUT2D eigenvalue weighted by atomic mass is 9.89. The van der Waals surface area contributed by atoms with E-state index in [2.05, 4.69) is 37.1 Å². The smallest absolute Gasteiger partial charge is 0.251 e. The number of halogens is 1. The number of hydrogen-bond donors (Lipinski definition) is 0. The number of amides is 1. The van der Waals surface area contributed by atoms with Crippen molar-refractivity contribution in [2.75, 3.05) is 25.0 Å². The van der Waals surface area contributed by atoms with E-state index >= 15 is 0 Å². The summed E-state index contributed by atoms with van der Waals surface area (Å²) in [6.07, 6.45) is 4.35. The van der Waals surface area contributed by atoms with Crippen molar-refractivity contribution in [3.8, 4) is 0 Å². The Morgan fingerprint density at radius 1 is 1.19 bits per heavy atom. The first-order chi connectivity index (χ1) is 12.5. The predicted molar refractivity (Wildman–Crippen MR) is 103 cm³/mol. The Morgan fingerprint density at radius 2 is 1.96 bits per heavy atom. The minimum atomic E-state index is -0.272. The first-order valence-electron chi connectivity index (χ1n) is 9.09. The monoisotopic (exact) mass is 350 g/mol. The molecular formula is C22H23FN2O. The highest BCUT2D eigenvalue weighted by Gasteiger charge is 2.43. The number of aryl methyl sites for hydroxylation is 1. The molecule has 2 aromatic rings. The molecule has 2 heterocycles. The molecule has 2 aliphatic heterocycles. The van der Waals surface area contributed by atoms with Crippen molar-refractivity contribution in [2.24, 2.45) is 0 Å². The summed E-state index contributed by atoms with van der Waals surface area (Å²) in [5.41, 5.74) is 4.37.